The molecule has 8 heteroatoms. The van der Waals surface area contributed by atoms with Crippen molar-refractivity contribution in [2.24, 2.45) is 0 Å². The number of carbonyl (C=O) groups excluding carboxylic acids is 1. The van der Waals surface area contributed by atoms with Gasteiger partial charge < -0.3 is 5.32 Å². The zero-order chi connectivity index (χ0) is 17.2. The highest BCUT2D eigenvalue weighted by Crippen LogP contribution is 2.26. The molecule has 2 aromatic heterocycles. The number of nitrogens with one attached hydrogen (secondary N) is 1. The highest BCUT2D eigenvalue weighted by molar-refractivity contribution is 9.10. The van der Waals surface area contributed by atoms with Gasteiger partial charge in [-0.25, -0.2) is 9.67 Å². The molecule has 4 aromatic rings. The smallest absolute Gasteiger partial charge is 0.247 e. The molecule has 0 bridgehead atoms. The quantitative estimate of drug-likeness (QED) is 0.549. The van der Waals surface area contributed by atoms with Gasteiger partial charge in [0, 0.05) is 15.4 Å². The fourth-order valence-electron chi connectivity index (χ4n) is 2.44. The molecule has 1 N–H and O–H groups in total. The van der Waals surface area contributed by atoms with E-state index in [2.05, 4.69) is 36.5 Å². The van der Waals surface area contributed by atoms with Crippen molar-refractivity contribution in [1.82, 2.24) is 20.0 Å². The third kappa shape index (κ3) is 3.45. The number of thiazole rings is 1. The predicted molar refractivity (Wildman–Crippen MR) is 101 cm³/mol. The first-order chi connectivity index (χ1) is 12.2. The normalized spacial score (nSPS) is 10.9. The van der Waals surface area contributed by atoms with Crippen LogP contribution in [0.4, 0.5) is 5.13 Å². The first-order valence-corrected chi connectivity index (χ1v) is 9.16. The van der Waals surface area contributed by atoms with Gasteiger partial charge in [-0.05, 0) is 24.3 Å². The Bertz CT molecular complexity index is 1060. The number of nitrogens with zero attached hydrogens (tertiary/aromatic N) is 4. The molecule has 2 heterocycles. The lowest BCUT2D eigenvalue weighted by Gasteiger charge is -2.02. The Balaban J connectivity index is 1.48. The Morgan fingerprint density at radius 1 is 1.20 bits per heavy atom. The summed E-state index contributed by atoms with van der Waals surface area (Å²) < 4.78 is 2.56. The van der Waals surface area contributed by atoms with Gasteiger partial charge in [-0.3, -0.25) is 4.79 Å². The lowest BCUT2D eigenvalue weighted by Crippen LogP contribution is -2.19. The number of fused-ring (bicyclic) bond motifs is 1. The number of benzene rings is 2. The van der Waals surface area contributed by atoms with Crippen LogP contribution < -0.4 is 5.32 Å². The molecule has 1 amide bonds. The van der Waals surface area contributed by atoms with Crippen LogP contribution in [0.5, 0.6) is 0 Å². The van der Waals surface area contributed by atoms with Gasteiger partial charge in [0.05, 0.1) is 11.2 Å². The highest BCUT2D eigenvalue weighted by atomic mass is 79.9. The number of hydrogen-bond donors (Lipinski definition) is 1. The fourth-order valence-corrected chi connectivity index (χ4v) is 3.58. The monoisotopic (exact) mass is 413 g/mol. The van der Waals surface area contributed by atoms with E-state index in [1.807, 2.05) is 53.9 Å². The number of rotatable bonds is 4. The number of aromatic nitrogens is 4. The molecule has 0 saturated heterocycles. The Labute approximate surface area is 155 Å². The summed E-state index contributed by atoms with van der Waals surface area (Å²) in [5.41, 5.74) is 3.41. The molecule has 2 aromatic carbocycles. The van der Waals surface area contributed by atoms with Gasteiger partial charge in [0.25, 0.3) is 0 Å². The number of anilines is 1. The molecule has 6 nitrogen and oxygen atoms in total. The number of halogens is 1. The molecule has 0 saturated carbocycles. The maximum absolute atomic E-state index is 12.3. The van der Waals surface area contributed by atoms with E-state index in [0.29, 0.717) is 5.13 Å². The lowest BCUT2D eigenvalue weighted by atomic mass is 10.2. The Morgan fingerprint density at radius 2 is 2.08 bits per heavy atom. The van der Waals surface area contributed by atoms with Crippen molar-refractivity contribution in [3.05, 3.63) is 58.4 Å². The summed E-state index contributed by atoms with van der Waals surface area (Å²) >= 11 is 4.84. The van der Waals surface area contributed by atoms with Crippen LogP contribution in [0, 0.1) is 0 Å². The third-order valence-corrected chi connectivity index (χ3v) is 4.84. The van der Waals surface area contributed by atoms with Crippen molar-refractivity contribution in [2.75, 3.05) is 5.32 Å². The second-order valence-electron chi connectivity index (χ2n) is 5.33. The SMILES string of the molecule is O=C(Cn1nnc2ccccc21)Nc1nc(-c2cccc(Br)c2)cs1. The molecule has 4 rings (SSSR count). The fraction of sp³-hybridized carbons (Fsp3) is 0.0588. The van der Waals surface area contributed by atoms with Crippen molar-refractivity contribution in [1.29, 1.82) is 0 Å². The number of para-hydroxylation sites is 1. The molecule has 124 valence electrons. The van der Waals surface area contributed by atoms with E-state index in [1.165, 1.54) is 11.3 Å². The van der Waals surface area contributed by atoms with E-state index in [9.17, 15) is 4.79 Å². The van der Waals surface area contributed by atoms with Crippen LogP contribution in [-0.4, -0.2) is 25.9 Å². The zero-order valence-corrected chi connectivity index (χ0v) is 15.3. The largest absolute Gasteiger partial charge is 0.300 e. The van der Waals surface area contributed by atoms with E-state index < -0.39 is 0 Å². The maximum atomic E-state index is 12.3. The van der Waals surface area contributed by atoms with Crippen molar-refractivity contribution in [2.45, 2.75) is 6.54 Å². The average Bonchev–Trinajstić information content (AvgIpc) is 3.23. The maximum Gasteiger partial charge on any atom is 0.247 e. The number of amides is 1. The van der Waals surface area contributed by atoms with Gasteiger partial charge in [-0.1, -0.05) is 45.4 Å². The topological polar surface area (TPSA) is 72.7 Å². The molecule has 0 aliphatic rings. The van der Waals surface area contributed by atoms with E-state index in [-0.39, 0.29) is 12.5 Å². The summed E-state index contributed by atoms with van der Waals surface area (Å²) in [6.45, 7) is 0.0896. The Morgan fingerprint density at radius 3 is 2.96 bits per heavy atom. The summed E-state index contributed by atoms with van der Waals surface area (Å²) in [4.78, 5) is 16.8. The minimum absolute atomic E-state index is 0.0896. The summed E-state index contributed by atoms with van der Waals surface area (Å²) in [7, 11) is 0. The van der Waals surface area contributed by atoms with Gasteiger partial charge in [-0.15, -0.1) is 16.4 Å². The minimum Gasteiger partial charge on any atom is -0.300 e. The van der Waals surface area contributed by atoms with Crippen molar-refractivity contribution in [3.63, 3.8) is 0 Å². The first-order valence-electron chi connectivity index (χ1n) is 7.48. The standard InChI is InChI=1S/C17H12BrN5OS/c18-12-5-3-4-11(8-12)14-10-25-17(19-14)20-16(24)9-23-15-7-2-1-6-13(15)21-22-23/h1-8,10H,9H2,(H,19,20,24). The summed E-state index contributed by atoms with van der Waals surface area (Å²) in [5.74, 6) is -0.189. The second kappa shape index (κ2) is 6.73. The second-order valence-corrected chi connectivity index (χ2v) is 7.11. The van der Waals surface area contributed by atoms with E-state index in [0.717, 1.165) is 26.8 Å². The minimum atomic E-state index is -0.189. The van der Waals surface area contributed by atoms with Gasteiger partial charge in [0.2, 0.25) is 5.91 Å². The summed E-state index contributed by atoms with van der Waals surface area (Å²) in [5, 5.41) is 13.4. The molecular weight excluding hydrogens is 402 g/mol. The van der Waals surface area contributed by atoms with E-state index in [1.54, 1.807) is 4.68 Å². The van der Waals surface area contributed by atoms with Crippen LogP contribution in [0.1, 0.15) is 0 Å². The van der Waals surface area contributed by atoms with E-state index in [4.69, 9.17) is 0 Å². The predicted octanol–water partition coefficient (Wildman–Crippen LogP) is 3.96. The van der Waals surface area contributed by atoms with Gasteiger partial charge >= 0.3 is 0 Å². The summed E-state index contributed by atoms with van der Waals surface area (Å²) in [6.07, 6.45) is 0. The molecule has 0 spiro atoms. The Hall–Kier alpha value is -2.58. The van der Waals surface area contributed by atoms with Crippen LogP contribution in [0.25, 0.3) is 22.3 Å². The van der Waals surface area contributed by atoms with Crippen LogP contribution in [0.3, 0.4) is 0 Å². The van der Waals surface area contributed by atoms with Crippen LogP contribution >= 0.6 is 27.3 Å². The van der Waals surface area contributed by atoms with Crippen molar-refractivity contribution >= 4 is 49.3 Å². The van der Waals surface area contributed by atoms with Crippen molar-refractivity contribution in [3.8, 4) is 11.3 Å². The number of hydrogen-bond acceptors (Lipinski definition) is 5. The number of carbonyl (C=O) groups is 1. The van der Waals surface area contributed by atoms with Crippen LogP contribution in [0.2, 0.25) is 0 Å². The zero-order valence-electron chi connectivity index (χ0n) is 12.9. The highest BCUT2D eigenvalue weighted by Gasteiger charge is 2.11. The van der Waals surface area contributed by atoms with E-state index >= 15 is 0 Å². The molecule has 0 fully saturated rings. The molecule has 0 aliphatic heterocycles. The molecule has 0 aliphatic carbocycles. The molecule has 0 atom stereocenters. The third-order valence-electron chi connectivity index (χ3n) is 3.58. The van der Waals surface area contributed by atoms with Gasteiger partial charge in [-0.2, -0.15) is 0 Å². The van der Waals surface area contributed by atoms with Gasteiger partial charge in [0.1, 0.15) is 12.1 Å². The molecule has 0 radical (unpaired) electrons. The van der Waals surface area contributed by atoms with Crippen LogP contribution in [0.15, 0.2) is 58.4 Å². The van der Waals surface area contributed by atoms with Crippen LogP contribution in [-0.2, 0) is 11.3 Å². The lowest BCUT2D eigenvalue weighted by molar-refractivity contribution is -0.116. The first kappa shape index (κ1) is 15.9. The summed E-state index contributed by atoms with van der Waals surface area (Å²) in [6, 6.07) is 15.4. The Kier molecular flexibility index (Phi) is 4.29. The van der Waals surface area contributed by atoms with Crippen molar-refractivity contribution < 1.29 is 4.79 Å². The molecular formula is C17H12BrN5OS. The molecule has 25 heavy (non-hydrogen) atoms. The average molecular weight is 414 g/mol. The molecule has 0 unspecified atom stereocenters. The van der Waals surface area contributed by atoms with Gasteiger partial charge in [0.15, 0.2) is 5.13 Å².